The highest BCUT2D eigenvalue weighted by molar-refractivity contribution is 7.10. The summed E-state index contributed by atoms with van der Waals surface area (Å²) in [5.74, 6) is -0.678. The summed E-state index contributed by atoms with van der Waals surface area (Å²) >= 11 is 1.68. The zero-order valence-electron chi connectivity index (χ0n) is 18.8. The molecule has 174 valence electrons. The highest BCUT2D eigenvalue weighted by atomic mass is 32.1. The Morgan fingerprint density at radius 2 is 1.79 bits per heavy atom. The first kappa shape index (κ1) is 23.2. The number of carbonyl (C=O) groups is 2. The van der Waals surface area contributed by atoms with Crippen molar-refractivity contribution in [3.8, 4) is 0 Å². The summed E-state index contributed by atoms with van der Waals surface area (Å²) in [7, 11) is 0. The maximum Gasteiger partial charge on any atom is 0.309 e. The molecule has 2 N–H and O–H groups in total. The van der Waals surface area contributed by atoms with Gasteiger partial charge in [-0.2, -0.15) is 0 Å². The molecule has 2 amide bonds. The Bertz CT molecular complexity index is 1000. The van der Waals surface area contributed by atoms with E-state index in [2.05, 4.69) is 56.1 Å². The highest BCUT2D eigenvalue weighted by Crippen LogP contribution is 2.29. The second-order valence-electron chi connectivity index (χ2n) is 8.28. The molecule has 0 aliphatic carbocycles. The van der Waals surface area contributed by atoms with Gasteiger partial charge in [-0.05, 0) is 36.1 Å². The van der Waals surface area contributed by atoms with Crippen LogP contribution in [0.5, 0.6) is 0 Å². The van der Waals surface area contributed by atoms with Crippen LogP contribution in [-0.4, -0.2) is 53.8 Å². The van der Waals surface area contributed by atoms with E-state index in [9.17, 15) is 9.59 Å². The minimum atomic E-state index is -0.657. The largest absolute Gasteiger partial charge is 0.467 e. The average molecular weight is 467 g/mol. The maximum absolute atomic E-state index is 12.5. The molecule has 3 aromatic rings. The van der Waals surface area contributed by atoms with E-state index in [4.69, 9.17) is 4.42 Å². The molecular formula is C25H30N4O3S. The number of hydrogen-bond acceptors (Lipinski definition) is 6. The molecule has 0 unspecified atom stereocenters. The minimum absolute atomic E-state index is 0.0192. The molecule has 33 heavy (non-hydrogen) atoms. The molecule has 2 atom stereocenters. The fraction of sp³-hybridized carbons (Fsp3) is 0.360. The molecule has 3 heterocycles. The Hall–Kier alpha value is -2.94. The smallest absolute Gasteiger partial charge is 0.309 e. The highest BCUT2D eigenvalue weighted by Gasteiger charge is 2.31. The van der Waals surface area contributed by atoms with Crippen molar-refractivity contribution < 1.29 is 14.0 Å². The summed E-state index contributed by atoms with van der Waals surface area (Å²) in [6.45, 7) is 6.83. The quantitative estimate of drug-likeness (QED) is 0.499. The molecule has 1 aromatic carbocycles. The molecular weight excluding hydrogens is 436 g/mol. The van der Waals surface area contributed by atoms with Crippen LogP contribution in [-0.2, 0) is 22.7 Å². The first-order valence-electron chi connectivity index (χ1n) is 11.2. The zero-order chi connectivity index (χ0) is 23.0. The monoisotopic (exact) mass is 466 g/mol. The molecule has 1 aliphatic heterocycles. The maximum atomic E-state index is 12.5. The van der Waals surface area contributed by atoms with Gasteiger partial charge in [0.25, 0.3) is 0 Å². The van der Waals surface area contributed by atoms with E-state index < -0.39 is 11.8 Å². The van der Waals surface area contributed by atoms with Crippen molar-refractivity contribution in [2.75, 3.05) is 26.2 Å². The molecule has 1 fully saturated rings. The van der Waals surface area contributed by atoms with Crippen molar-refractivity contribution in [3.63, 3.8) is 0 Å². The Morgan fingerprint density at radius 1 is 1.00 bits per heavy atom. The standard InChI is InChI=1S/C25H30N4O3S/c1-19(27-25(31)24(30)26-17-21-9-5-15-32-21)23(22-10-6-16-33-22)29-13-11-28(12-14-29)18-20-7-3-2-4-8-20/h2-10,15-16,19,23H,11-14,17-18H2,1H3,(H,26,30)(H,27,31)/t19-,23-/m1/s1. The van der Waals surface area contributed by atoms with Gasteiger partial charge in [0.1, 0.15) is 5.76 Å². The molecule has 2 aromatic heterocycles. The van der Waals surface area contributed by atoms with E-state index in [-0.39, 0.29) is 18.6 Å². The summed E-state index contributed by atoms with van der Waals surface area (Å²) in [6, 6.07) is 18.0. The van der Waals surface area contributed by atoms with Gasteiger partial charge in [0.15, 0.2) is 0 Å². The predicted molar refractivity (Wildman–Crippen MR) is 129 cm³/mol. The summed E-state index contributed by atoms with van der Waals surface area (Å²) in [4.78, 5) is 30.9. The van der Waals surface area contributed by atoms with Gasteiger partial charge >= 0.3 is 11.8 Å². The molecule has 0 spiro atoms. The number of amides is 2. The minimum Gasteiger partial charge on any atom is -0.467 e. The molecule has 0 saturated carbocycles. The molecule has 0 bridgehead atoms. The normalized spacial score (nSPS) is 16.8. The van der Waals surface area contributed by atoms with Gasteiger partial charge in [-0.25, -0.2) is 0 Å². The lowest BCUT2D eigenvalue weighted by Crippen LogP contribution is -2.53. The van der Waals surface area contributed by atoms with Crippen LogP contribution in [0, 0.1) is 0 Å². The number of thiophene rings is 1. The van der Waals surface area contributed by atoms with Crippen molar-refractivity contribution >= 4 is 23.2 Å². The van der Waals surface area contributed by atoms with E-state index in [0.717, 1.165) is 32.7 Å². The first-order chi connectivity index (χ1) is 16.1. The summed E-state index contributed by atoms with van der Waals surface area (Å²) < 4.78 is 5.20. The van der Waals surface area contributed by atoms with E-state index in [1.807, 2.05) is 19.1 Å². The summed E-state index contributed by atoms with van der Waals surface area (Å²) in [5, 5.41) is 7.58. The SMILES string of the molecule is C[C@@H](NC(=O)C(=O)NCc1ccco1)[C@H](c1cccs1)N1CCN(Cc2ccccc2)CC1. The number of nitrogens with zero attached hydrogens (tertiary/aromatic N) is 2. The average Bonchev–Trinajstić information content (AvgIpc) is 3.54. The van der Waals surface area contributed by atoms with Crippen molar-refractivity contribution in [2.24, 2.45) is 0 Å². The second kappa shape index (κ2) is 11.3. The van der Waals surface area contributed by atoms with Crippen molar-refractivity contribution in [1.29, 1.82) is 0 Å². The molecule has 4 rings (SSSR count). The topological polar surface area (TPSA) is 77.8 Å². The van der Waals surface area contributed by atoms with Crippen LogP contribution >= 0.6 is 11.3 Å². The number of benzene rings is 1. The Morgan fingerprint density at radius 3 is 2.45 bits per heavy atom. The Kier molecular flexibility index (Phi) is 7.93. The lowest BCUT2D eigenvalue weighted by molar-refractivity contribution is -0.140. The van der Waals surface area contributed by atoms with Gasteiger partial charge in [0, 0.05) is 43.6 Å². The van der Waals surface area contributed by atoms with Gasteiger partial charge in [-0.15, -0.1) is 11.3 Å². The molecule has 0 radical (unpaired) electrons. The third kappa shape index (κ3) is 6.31. The third-order valence-corrected chi connectivity index (χ3v) is 6.87. The zero-order valence-corrected chi connectivity index (χ0v) is 19.6. The van der Waals surface area contributed by atoms with Crippen LogP contribution in [0.3, 0.4) is 0 Å². The predicted octanol–water partition coefficient (Wildman–Crippen LogP) is 3.02. The van der Waals surface area contributed by atoms with E-state index >= 15 is 0 Å². The number of rotatable bonds is 8. The van der Waals surface area contributed by atoms with Crippen LogP contribution in [0.1, 0.15) is 29.2 Å². The number of carbonyl (C=O) groups excluding carboxylic acids is 2. The van der Waals surface area contributed by atoms with Gasteiger partial charge < -0.3 is 15.1 Å². The van der Waals surface area contributed by atoms with Crippen LogP contribution in [0.4, 0.5) is 0 Å². The number of piperazine rings is 1. The lowest BCUT2D eigenvalue weighted by Gasteiger charge is -2.41. The van der Waals surface area contributed by atoms with Crippen LogP contribution < -0.4 is 10.6 Å². The van der Waals surface area contributed by atoms with E-state index in [0.29, 0.717) is 5.76 Å². The number of nitrogens with one attached hydrogen (secondary N) is 2. The van der Waals surface area contributed by atoms with Gasteiger partial charge in [-0.3, -0.25) is 19.4 Å². The van der Waals surface area contributed by atoms with Crippen LogP contribution in [0.2, 0.25) is 0 Å². The number of furan rings is 1. The second-order valence-corrected chi connectivity index (χ2v) is 9.26. The van der Waals surface area contributed by atoms with Crippen LogP contribution in [0.15, 0.2) is 70.7 Å². The Balaban J connectivity index is 1.34. The van der Waals surface area contributed by atoms with Gasteiger partial charge in [0.05, 0.1) is 18.8 Å². The molecule has 1 saturated heterocycles. The Labute approximate surface area is 198 Å². The third-order valence-electron chi connectivity index (χ3n) is 5.93. The van der Waals surface area contributed by atoms with Crippen molar-refractivity contribution in [3.05, 3.63) is 82.4 Å². The van der Waals surface area contributed by atoms with E-state index in [1.54, 1.807) is 23.5 Å². The molecule has 7 nitrogen and oxygen atoms in total. The van der Waals surface area contributed by atoms with Crippen molar-refractivity contribution in [1.82, 2.24) is 20.4 Å². The summed E-state index contributed by atoms with van der Waals surface area (Å²) in [5.41, 5.74) is 1.32. The fourth-order valence-electron chi connectivity index (χ4n) is 4.26. The number of hydrogen-bond donors (Lipinski definition) is 2. The van der Waals surface area contributed by atoms with Crippen LogP contribution in [0.25, 0.3) is 0 Å². The van der Waals surface area contributed by atoms with E-state index in [1.165, 1.54) is 16.7 Å². The van der Waals surface area contributed by atoms with Crippen molar-refractivity contribution in [2.45, 2.75) is 32.1 Å². The molecule has 8 heteroatoms. The lowest BCUT2D eigenvalue weighted by atomic mass is 10.0. The van der Waals surface area contributed by atoms with Gasteiger partial charge in [0.2, 0.25) is 0 Å². The molecule has 1 aliphatic rings. The fourth-order valence-corrected chi connectivity index (χ4v) is 5.22. The first-order valence-corrected chi connectivity index (χ1v) is 12.1. The van der Waals surface area contributed by atoms with Gasteiger partial charge in [-0.1, -0.05) is 36.4 Å². The summed E-state index contributed by atoms with van der Waals surface area (Å²) in [6.07, 6.45) is 1.54.